The first kappa shape index (κ1) is 14.2. The topological polar surface area (TPSA) is 89.3 Å². The van der Waals surface area contributed by atoms with Crippen LogP contribution in [0, 0.1) is 0 Å². The SMILES string of the molecule is NC(=O)C1(NCC(F)(F)F)CCS(=O)(=O)CC1. The van der Waals surface area contributed by atoms with Crippen LogP contribution in [0.1, 0.15) is 12.8 Å². The molecule has 0 aromatic carbocycles. The van der Waals surface area contributed by atoms with Crippen molar-refractivity contribution >= 4 is 15.7 Å². The van der Waals surface area contributed by atoms with Crippen molar-refractivity contribution in [2.75, 3.05) is 18.1 Å². The molecule has 9 heteroatoms. The van der Waals surface area contributed by atoms with E-state index >= 15 is 0 Å². The highest BCUT2D eigenvalue weighted by atomic mass is 32.2. The Bertz CT molecular complexity index is 391. The molecule has 0 unspecified atom stereocenters. The van der Waals surface area contributed by atoms with Crippen molar-refractivity contribution in [1.82, 2.24) is 5.32 Å². The van der Waals surface area contributed by atoms with Crippen molar-refractivity contribution in [2.24, 2.45) is 5.73 Å². The second-order valence-corrected chi connectivity index (χ2v) is 6.37. The monoisotopic (exact) mass is 274 g/mol. The molecule has 0 saturated carbocycles. The minimum atomic E-state index is -4.47. The van der Waals surface area contributed by atoms with Crippen LogP contribution in [0.4, 0.5) is 13.2 Å². The normalized spacial score (nSPS) is 23.2. The van der Waals surface area contributed by atoms with Crippen LogP contribution in [0.3, 0.4) is 0 Å². The first-order chi connectivity index (χ1) is 7.56. The number of sulfone groups is 1. The van der Waals surface area contributed by atoms with Gasteiger partial charge in [0, 0.05) is 0 Å². The lowest BCUT2D eigenvalue weighted by atomic mass is 9.91. The fourth-order valence-corrected chi connectivity index (χ4v) is 3.19. The van der Waals surface area contributed by atoms with Gasteiger partial charge in [-0.2, -0.15) is 13.2 Å². The van der Waals surface area contributed by atoms with Crippen LogP contribution in [-0.2, 0) is 14.6 Å². The largest absolute Gasteiger partial charge is 0.401 e. The van der Waals surface area contributed by atoms with E-state index in [1.807, 2.05) is 5.32 Å². The number of nitrogens with one attached hydrogen (secondary N) is 1. The predicted octanol–water partition coefficient (Wildman–Crippen LogP) is -0.429. The third kappa shape index (κ3) is 3.84. The number of carbonyl (C=O) groups is 1. The quantitative estimate of drug-likeness (QED) is 0.731. The highest BCUT2D eigenvalue weighted by Gasteiger charge is 2.44. The van der Waals surface area contributed by atoms with Crippen LogP contribution in [0.5, 0.6) is 0 Å². The van der Waals surface area contributed by atoms with Gasteiger partial charge in [0.15, 0.2) is 0 Å². The Morgan fingerprint density at radius 3 is 2.12 bits per heavy atom. The van der Waals surface area contributed by atoms with Crippen molar-refractivity contribution in [2.45, 2.75) is 24.6 Å². The minimum absolute atomic E-state index is 0.221. The molecule has 0 bridgehead atoms. The standard InChI is InChI=1S/C8H13F3N2O3S/c9-8(10,11)5-13-7(6(12)14)1-3-17(15,16)4-2-7/h13H,1-5H2,(H2,12,14). The number of nitrogens with two attached hydrogens (primary N) is 1. The van der Waals surface area contributed by atoms with E-state index < -0.39 is 34.0 Å². The molecule has 1 rings (SSSR count). The Hall–Kier alpha value is -0.830. The summed E-state index contributed by atoms with van der Waals surface area (Å²) in [5.41, 5.74) is 3.49. The average Bonchev–Trinajstić information content (AvgIpc) is 2.15. The summed E-state index contributed by atoms with van der Waals surface area (Å²) in [5.74, 6) is -1.61. The molecule has 0 atom stereocenters. The Balaban J connectivity index is 2.76. The van der Waals surface area contributed by atoms with Gasteiger partial charge < -0.3 is 5.73 Å². The van der Waals surface area contributed by atoms with Gasteiger partial charge in [0.05, 0.1) is 23.6 Å². The van der Waals surface area contributed by atoms with Crippen molar-refractivity contribution in [3.8, 4) is 0 Å². The molecule has 1 heterocycles. The van der Waals surface area contributed by atoms with Crippen molar-refractivity contribution in [3.63, 3.8) is 0 Å². The lowest BCUT2D eigenvalue weighted by molar-refractivity contribution is -0.136. The molecule has 17 heavy (non-hydrogen) atoms. The highest BCUT2D eigenvalue weighted by molar-refractivity contribution is 7.91. The third-order valence-corrected chi connectivity index (χ3v) is 4.43. The van der Waals surface area contributed by atoms with Gasteiger partial charge in [-0.1, -0.05) is 0 Å². The van der Waals surface area contributed by atoms with E-state index in [0.29, 0.717) is 0 Å². The lowest BCUT2D eigenvalue weighted by Crippen LogP contribution is -2.60. The Morgan fingerprint density at radius 2 is 1.76 bits per heavy atom. The molecule has 0 spiro atoms. The summed E-state index contributed by atoms with van der Waals surface area (Å²) >= 11 is 0. The average molecular weight is 274 g/mol. The van der Waals surface area contributed by atoms with Crippen LogP contribution in [0.15, 0.2) is 0 Å². The molecule has 0 aromatic heterocycles. The van der Waals surface area contributed by atoms with Crippen molar-refractivity contribution in [3.05, 3.63) is 0 Å². The van der Waals surface area contributed by atoms with Crippen LogP contribution >= 0.6 is 0 Å². The molecule has 3 N–H and O–H groups in total. The molecule has 0 radical (unpaired) electrons. The van der Waals surface area contributed by atoms with E-state index in [1.54, 1.807) is 0 Å². The smallest absolute Gasteiger partial charge is 0.368 e. The van der Waals surface area contributed by atoms with Crippen molar-refractivity contribution < 1.29 is 26.4 Å². The maximum absolute atomic E-state index is 12.1. The summed E-state index contributed by atoms with van der Waals surface area (Å²) in [6, 6.07) is 0. The summed E-state index contributed by atoms with van der Waals surface area (Å²) in [5, 5.41) is 2.05. The van der Waals surface area contributed by atoms with Gasteiger partial charge in [0.1, 0.15) is 9.84 Å². The minimum Gasteiger partial charge on any atom is -0.368 e. The van der Waals surface area contributed by atoms with Gasteiger partial charge in [0.25, 0.3) is 0 Å². The number of rotatable bonds is 3. The zero-order valence-electron chi connectivity index (χ0n) is 8.88. The Morgan fingerprint density at radius 1 is 1.29 bits per heavy atom. The Labute approximate surface area is 96.5 Å². The summed E-state index contributed by atoms with van der Waals surface area (Å²) in [6.07, 6.45) is -4.92. The van der Waals surface area contributed by atoms with Gasteiger partial charge >= 0.3 is 6.18 Å². The maximum atomic E-state index is 12.1. The van der Waals surface area contributed by atoms with E-state index in [4.69, 9.17) is 5.73 Å². The summed E-state index contributed by atoms with van der Waals surface area (Å²) in [6.45, 7) is -1.37. The molecule has 0 aliphatic carbocycles. The maximum Gasteiger partial charge on any atom is 0.401 e. The molecule has 1 aliphatic heterocycles. The van der Waals surface area contributed by atoms with E-state index in [2.05, 4.69) is 0 Å². The van der Waals surface area contributed by atoms with Crippen LogP contribution < -0.4 is 11.1 Å². The molecule has 1 aliphatic rings. The molecule has 1 saturated heterocycles. The van der Waals surface area contributed by atoms with Crippen LogP contribution in [0.25, 0.3) is 0 Å². The zero-order valence-corrected chi connectivity index (χ0v) is 9.70. The van der Waals surface area contributed by atoms with E-state index in [9.17, 15) is 26.4 Å². The van der Waals surface area contributed by atoms with E-state index in [0.717, 1.165) is 0 Å². The van der Waals surface area contributed by atoms with Gasteiger partial charge in [-0.3, -0.25) is 10.1 Å². The first-order valence-electron chi connectivity index (χ1n) is 4.88. The summed E-state index contributed by atoms with van der Waals surface area (Å²) in [4.78, 5) is 11.2. The number of hydrogen-bond acceptors (Lipinski definition) is 4. The number of hydrogen-bond donors (Lipinski definition) is 2. The second kappa shape index (κ2) is 4.45. The lowest BCUT2D eigenvalue weighted by Gasteiger charge is -2.35. The number of halogens is 3. The predicted molar refractivity (Wildman–Crippen MR) is 53.9 cm³/mol. The third-order valence-electron chi connectivity index (χ3n) is 2.78. The van der Waals surface area contributed by atoms with Crippen LogP contribution in [-0.4, -0.2) is 44.1 Å². The fourth-order valence-electron chi connectivity index (χ4n) is 1.67. The number of carbonyl (C=O) groups excluding carboxylic acids is 1. The Kier molecular flexibility index (Phi) is 3.72. The highest BCUT2D eigenvalue weighted by Crippen LogP contribution is 2.25. The van der Waals surface area contributed by atoms with E-state index in [-0.39, 0.29) is 24.3 Å². The van der Waals surface area contributed by atoms with Gasteiger partial charge in [-0.05, 0) is 12.8 Å². The molecular formula is C8H13F3N2O3S. The molecule has 1 fully saturated rings. The molecule has 0 aromatic rings. The van der Waals surface area contributed by atoms with E-state index in [1.165, 1.54) is 0 Å². The zero-order chi connectivity index (χ0) is 13.3. The molecule has 100 valence electrons. The fraction of sp³-hybridized carbons (Fsp3) is 0.875. The van der Waals surface area contributed by atoms with Crippen LogP contribution in [0.2, 0.25) is 0 Å². The van der Waals surface area contributed by atoms with Crippen molar-refractivity contribution in [1.29, 1.82) is 0 Å². The number of primary amides is 1. The molecule has 1 amide bonds. The van der Waals surface area contributed by atoms with Gasteiger partial charge in [0.2, 0.25) is 5.91 Å². The van der Waals surface area contributed by atoms with Gasteiger partial charge in [-0.25, -0.2) is 8.42 Å². The first-order valence-corrected chi connectivity index (χ1v) is 6.71. The second-order valence-electron chi connectivity index (χ2n) is 4.07. The van der Waals surface area contributed by atoms with Gasteiger partial charge in [-0.15, -0.1) is 0 Å². The number of amides is 1. The number of alkyl halides is 3. The molecular weight excluding hydrogens is 261 g/mol. The summed E-state index contributed by atoms with van der Waals surface area (Å²) in [7, 11) is -3.27. The summed E-state index contributed by atoms with van der Waals surface area (Å²) < 4.78 is 58.5. The molecule has 5 nitrogen and oxygen atoms in total.